The van der Waals surface area contributed by atoms with Crippen LogP contribution < -0.4 is 0 Å². The lowest BCUT2D eigenvalue weighted by Crippen LogP contribution is -2.09. The summed E-state index contributed by atoms with van der Waals surface area (Å²) in [5.41, 5.74) is 1.39. The van der Waals surface area contributed by atoms with Gasteiger partial charge >= 0.3 is 0 Å². The van der Waals surface area contributed by atoms with E-state index in [2.05, 4.69) is 4.98 Å². The summed E-state index contributed by atoms with van der Waals surface area (Å²) in [4.78, 5) is 3.59. The Kier molecular flexibility index (Phi) is 2.59. The molecule has 1 aliphatic carbocycles. The number of aliphatic hydroxyl groups excluding tert-OH is 1. The zero-order valence-corrected chi connectivity index (χ0v) is 7.78. The molecule has 14 heavy (non-hydrogen) atoms. The Morgan fingerprint density at radius 1 is 1.50 bits per heavy atom. The molecule has 0 saturated carbocycles. The van der Waals surface area contributed by atoms with E-state index < -0.39 is 12.1 Å². The number of aromatic nitrogens is 1. The minimum absolute atomic E-state index is 0.432. The normalized spacial score (nSPS) is 21.9. The second kappa shape index (κ2) is 3.88. The summed E-state index contributed by atoms with van der Waals surface area (Å²) < 4.78 is 13.3. The zero-order valence-electron chi connectivity index (χ0n) is 7.78. The standard InChI is InChI=1S/C11H12FNO/c12-11-10(5-2-6-13-11)8-3-1-4-9(14)7-8/h2,5-7,9,14H,1,3-4H2. The van der Waals surface area contributed by atoms with E-state index in [9.17, 15) is 9.50 Å². The number of allylic oxidation sites excluding steroid dienone is 1. The van der Waals surface area contributed by atoms with Crippen molar-refractivity contribution < 1.29 is 9.50 Å². The molecule has 1 unspecified atom stereocenters. The molecular weight excluding hydrogens is 181 g/mol. The van der Waals surface area contributed by atoms with Crippen LogP contribution in [-0.4, -0.2) is 16.2 Å². The maximum Gasteiger partial charge on any atom is 0.220 e. The highest BCUT2D eigenvalue weighted by molar-refractivity contribution is 5.66. The molecule has 0 amide bonds. The number of hydrogen-bond acceptors (Lipinski definition) is 2. The van der Waals surface area contributed by atoms with E-state index in [0.29, 0.717) is 5.56 Å². The van der Waals surface area contributed by atoms with E-state index in [1.807, 2.05) is 0 Å². The summed E-state index contributed by atoms with van der Waals surface area (Å²) in [5.74, 6) is -0.451. The van der Waals surface area contributed by atoms with E-state index in [1.54, 1.807) is 18.2 Å². The maximum absolute atomic E-state index is 13.3. The largest absolute Gasteiger partial charge is 0.389 e. The average molecular weight is 193 g/mol. The van der Waals surface area contributed by atoms with Crippen LogP contribution in [0.2, 0.25) is 0 Å². The summed E-state index contributed by atoms with van der Waals surface area (Å²) in [6, 6.07) is 3.41. The van der Waals surface area contributed by atoms with Gasteiger partial charge in [0.2, 0.25) is 5.95 Å². The monoisotopic (exact) mass is 193 g/mol. The van der Waals surface area contributed by atoms with Crippen LogP contribution in [0.4, 0.5) is 4.39 Å². The number of hydrogen-bond donors (Lipinski definition) is 1. The van der Waals surface area contributed by atoms with Crippen molar-refractivity contribution in [3.63, 3.8) is 0 Å². The van der Waals surface area contributed by atoms with Gasteiger partial charge in [0.15, 0.2) is 0 Å². The zero-order chi connectivity index (χ0) is 9.97. The predicted octanol–water partition coefficient (Wildman–Crippen LogP) is 2.15. The van der Waals surface area contributed by atoms with E-state index in [4.69, 9.17) is 0 Å². The first-order valence-corrected chi connectivity index (χ1v) is 4.77. The van der Waals surface area contributed by atoms with Crippen LogP contribution in [0.3, 0.4) is 0 Å². The molecule has 1 N–H and O–H groups in total. The first-order valence-electron chi connectivity index (χ1n) is 4.77. The minimum Gasteiger partial charge on any atom is -0.389 e. The highest BCUT2D eigenvalue weighted by atomic mass is 19.1. The Hall–Kier alpha value is -1.22. The first kappa shape index (κ1) is 9.34. The third-order valence-electron chi connectivity index (χ3n) is 2.44. The maximum atomic E-state index is 13.3. The van der Waals surface area contributed by atoms with Gasteiger partial charge in [-0.1, -0.05) is 6.08 Å². The van der Waals surface area contributed by atoms with Gasteiger partial charge in [0.25, 0.3) is 0 Å². The molecule has 1 heterocycles. The average Bonchev–Trinajstić information content (AvgIpc) is 2.18. The van der Waals surface area contributed by atoms with Crippen LogP contribution in [0, 0.1) is 5.95 Å². The van der Waals surface area contributed by atoms with Crippen molar-refractivity contribution in [3.8, 4) is 0 Å². The summed E-state index contributed by atoms with van der Waals surface area (Å²) in [6.45, 7) is 0. The van der Waals surface area contributed by atoms with Crippen molar-refractivity contribution in [1.29, 1.82) is 0 Å². The summed E-state index contributed by atoms with van der Waals surface area (Å²) in [6.07, 6.45) is 5.22. The quantitative estimate of drug-likeness (QED) is 0.693. The van der Waals surface area contributed by atoms with Crippen molar-refractivity contribution in [2.45, 2.75) is 25.4 Å². The van der Waals surface area contributed by atoms with Gasteiger partial charge in [-0.05, 0) is 37.0 Å². The topological polar surface area (TPSA) is 33.1 Å². The molecule has 1 aromatic rings. The Morgan fingerprint density at radius 2 is 2.36 bits per heavy atom. The molecule has 74 valence electrons. The van der Waals surface area contributed by atoms with Gasteiger partial charge in [-0.2, -0.15) is 4.39 Å². The molecule has 0 spiro atoms. The lowest BCUT2D eigenvalue weighted by atomic mass is 9.93. The highest BCUT2D eigenvalue weighted by Crippen LogP contribution is 2.27. The number of halogens is 1. The Balaban J connectivity index is 2.35. The van der Waals surface area contributed by atoms with Crippen molar-refractivity contribution in [2.75, 3.05) is 0 Å². The fraction of sp³-hybridized carbons (Fsp3) is 0.364. The van der Waals surface area contributed by atoms with Crippen LogP contribution in [0.1, 0.15) is 24.8 Å². The van der Waals surface area contributed by atoms with Crippen molar-refractivity contribution in [2.24, 2.45) is 0 Å². The van der Waals surface area contributed by atoms with Gasteiger partial charge in [-0.25, -0.2) is 4.98 Å². The molecule has 0 radical (unpaired) electrons. The van der Waals surface area contributed by atoms with Gasteiger partial charge in [0, 0.05) is 11.8 Å². The third-order valence-corrected chi connectivity index (χ3v) is 2.44. The summed E-state index contributed by atoms with van der Waals surface area (Å²) in [7, 11) is 0. The fourth-order valence-corrected chi connectivity index (χ4v) is 1.75. The highest BCUT2D eigenvalue weighted by Gasteiger charge is 2.14. The van der Waals surface area contributed by atoms with Crippen LogP contribution in [0.15, 0.2) is 24.4 Å². The van der Waals surface area contributed by atoms with Crippen molar-refractivity contribution >= 4 is 5.57 Å². The van der Waals surface area contributed by atoms with Gasteiger partial charge in [-0.3, -0.25) is 0 Å². The number of pyridine rings is 1. The Bertz CT molecular complexity index is 362. The first-order chi connectivity index (χ1) is 6.77. The lowest BCUT2D eigenvalue weighted by molar-refractivity contribution is 0.206. The minimum atomic E-state index is -0.451. The molecule has 0 saturated heterocycles. The lowest BCUT2D eigenvalue weighted by Gasteiger charge is -2.17. The van der Waals surface area contributed by atoms with Crippen LogP contribution in [0.5, 0.6) is 0 Å². The molecule has 0 aliphatic heterocycles. The van der Waals surface area contributed by atoms with E-state index in [-0.39, 0.29) is 0 Å². The molecule has 0 fully saturated rings. The van der Waals surface area contributed by atoms with Crippen LogP contribution in [0.25, 0.3) is 5.57 Å². The number of rotatable bonds is 1. The van der Waals surface area contributed by atoms with Crippen molar-refractivity contribution in [3.05, 3.63) is 35.9 Å². The second-order valence-corrected chi connectivity index (χ2v) is 3.49. The molecule has 1 atom stereocenters. The summed E-state index contributed by atoms with van der Waals surface area (Å²) in [5, 5.41) is 9.41. The Labute approximate surface area is 82.1 Å². The SMILES string of the molecule is OC1C=C(c2cccnc2F)CCC1. The third kappa shape index (κ3) is 1.82. The van der Waals surface area contributed by atoms with Gasteiger partial charge in [0.05, 0.1) is 6.10 Å². The molecule has 0 aromatic carbocycles. The van der Waals surface area contributed by atoms with E-state index >= 15 is 0 Å². The summed E-state index contributed by atoms with van der Waals surface area (Å²) >= 11 is 0. The van der Waals surface area contributed by atoms with Gasteiger partial charge in [0.1, 0.15) is 0 Å². The second-order valence-electron chi connectivity index (χ2n) is 3.49. The van der Waals surface area contributed by atoms with Crippen LogP contribution in [-0.2, 0) is 0 Å². The smallest absolute Gasteiger partial charge is 0.220 e. The molecule has 2 rings (SSSR count). The van der Waals surface area contributed by atoms with Crippen molar-refractivity contribution in [1.82, 2.24) is 4.98 Å². The molecule has 2 nitrogen and oxygen atoms in total. The molecule has 1 aromatic heterocycles. The molecule has 0 bridgehead atoms. The van der Waals surface area contributed by atoms with Crippen LogP contribution >= 0.6 is 0 Å². The number of aliphatic hydroxyl groups is 1. The molecule has 3 heteroatoms. The number of nitrogens with zero attached hydrogens (tertiary/aromatic N) is 1. The van der Waals surface area contributed by atoms with E-state index in [0.717, 1.165) is 24.8 Å². The Morgan fingerprint density at radius 3 is 3.07 bits per heavy atom. The predicted molar refractivity (Wildman–Crippen MR) is 52.0 cm³/mol. The molecule has 1 aliphatic rings. The van der Waals surface area contributed by atoms with Gasteiger partial charge in [-0.15, -0.1) is 0 Å². The van der Waals surface area contributed by atoms with E-state index in [1.165, 1.54) is 6.20 Å². The molecular formula is C11H12FNO. The van der Waals surface area contributed by atoms with Gasteiger partial charge < -0.3 is 5.11 Å². The fourth-order valence-electron chi connectivity index (χ4n) is 1.75.